The fraction of sp³-hybridized carbons (Fsp3) is 0.231. The van der Waals surface area contributed by atoms with Gasteiger partial charge in [-0.25, -0.2) is 10.8 Å². The summed E-state index contributed by atoms with van der Waals surface area (Å²) in [7, 11) is 0. The molecule has 0 saturated carbocycles. The molecule has 0 bridgehead atoms. The predicted octanol–water partition coefficient (Wildman–Crippen LogP) is 1.98. The Balaban J connectivity index is 1.95. The van der Waals surface area contributed by atoms with Gasteiger partial charge >= 0.3 is 0 Å². The topological polar surface area (TPSA) is 75.9 Å². The summed E-state index contributed by atoms with van der Waals surface area (Å²) in [6.07, 6.45) is 3.25. The third-order valence-corrected chi connectivity index (χ3v) is 2.74. The standard InChI is InChI=1S/C13H17N5/c1-10(11-5-3-2-4-6-11)7-16-12-8-15-9-13(17-12)18-14/h2-6,8-10H,7,14H2,1H3,(H2,16,17,18). The fourth-order valence-electron chi connectivity index (χ4n) is 1.68. The molecule has 0 saturated heterocycles. The Kier molecular flexibility index (Phi) is 4.09. The maximum atomic E-state index is 5.29. The van der Waals surface area contributed by atoms with Crippen molar-refractivity contribution in [3.8, 4) is 0 Å². The van der Waals surface area contributed by atoms with Gasteiger partial charge in [-0.05, 0) is 11.5 Å². The summed E-state index contributed by atoms with van der Waals surface area (Å²) in [4.78, 5) is 8.29. The van der Waals surface area contributed by atoms with Crippen molar-refractivity contribution in [2.75, 3.05) is 17.3 Å². The largest absolute Gasteiger partial charge is 0.368 e. The number of hydrazine groups is 1. The van der Waals surface area contributed by atoms with Gasteiger partial charge in [0.15, 0.2) is 5.82 Å². The van der Waals surface area contributed by atoms with E-state index in [0.717, 1.165) is 6.54 Å². The summed E-state index contributed by atoms with van der Waals surface area (Å²) in [6.45, 7) is 2.97. The lowest BCUT2D eigenvalue weighted by molar-refractivity contribution is 0.800. The lowest BCUT2D eigenvalue weighted by atomic mass is 10.0. The number of nitrogens with two attached hydrogens (primary N) is 1. The highest BCUT2D eigenvalue weighted by molar-refractivity contribution is 5.41. The Bertz CT molecular complexity index is 486. The van der Waals surface area contributed by atoms with Gasteiger partial charge < -0.3 is 10.7 Å². The molecule has 0 aliphatic rings. The minimum atomic E-state index is 0.405. The summed E-state index contributed by atoms with van der Waals surface area (Å²) in [5, 5.41) is 3.25. The van der Waals surface area contributed by atoms with Crippen LogP contribution in [0, 0.1) is 0 Å². The van der Waals surface area contributed by atoms with Crippen molar-refractivity contribution in [2.24, 2.45) is 5.84 Å². The van der Waals surface area contributed by atoms with E-state index in [4.69, 9.17) is 5.84 Å². The quantitative estimate of drug-likeness (QED) is 0.553. The molecule has 1 aromatic carbocycles. The van der Waals surface area contributed by atoms with Crippen LogP contribution in [0.5, 0.6) is 0 Å². The average molecular weight is 243 g/mol. The lowest BCUT2D eigenvalue weighted by Crippen LogP contribution is -2.13. The molecule has 0 aliphatic carbocycles. The molecular formula is C13H17N5. The predicted molar refractivity (Wildman–Crippen MR) is 73.2 cm³/mol. The first-order valence-electron chi connectivity index (χ1n) is 5.87. The highest BCUT2D eigenvalue weighted by Gasteiger charge is 2.05. The molecule has 0 fully saturated rings. The second kappa shape index (κ2) is 5.97. The van der Waals surface area contributed by atoms with Crippen LogP contribution in [0.25, 0.3) is 0 Å². The van der Waals surface area contributed by atoms with E-state index in [9.17, 15) is 0 Å². The maximum absolute atomic E-state index is 5.29. The number of benzene rings is 1. The van der Waals surface area contributed by atoms with Crippen LogP contribution in [0.1, 0.15) is 18.4 Å². The summed E-state index contributed by atoms with van der Waals surface area (Å²) in [5.41, 5.74) is 3.77. The molecule has 5 nitrogen and oxygen atoms in total. The molecule has 18 heavy (non-hydrogen) atoms. The normalized spacial score (nSPS) is 11.9. The van der Waals surface area contributed by atoms with E-state index < -0.39 is 0 Å². The van der Waals surface area contributed by atoms with Crippen molar-refractivity contribution in [3.05, 3.63) is 48.3 Å². The van der Waals surface area contributed by atoms with Gasteiger partial charge in [0.2, 0.25) is 0 Å². The third-order valence-electron chi connectivity index (χ3n) is 2.74. The van der Waals surface area contributed by atoms with Crippen molar-refractivity contribution in [3.63, 3.8) is 0 Å². The Labute approximate surface area is 106 Å². The first kappa shape index (κ1) is 12.3. The number of nitrogens with zero attached hydrogens (tertiary/aromatic N) is 2. The Hall–Kier alpha value is -2.14. The van der Waals surface area contributed by atoms with E-state index in [-0.39, 0.29) is 0 Å². The molecule has 5 heteroatoms. The molecule has 4 N–H and O–H groups in total. The second-order valence-electron chi connectivity index (χ2n) is 4.13. The summed E-state index contributed by atoms with van der Waals surface area (Å²) < 4.78 is 0. The second-order valence-corrected chi connectivity index (χ2v) is 4.13. The fourth-order valence-corrected chi connectivity index (χ4v) is 1.68. The number of hydrogen-bond donors (Lipinski definition) is 3. The zero-order valence-corrected chi connectivity index (χ0v) is 10.3. The highest BCUT2D eigenvalue weighted by atomic mass is 15.3. The molecule has 0 spiro atoms. The van der Waals surface area contributed by atoms with Gasteiger partial charge in [-0.3, -0.25) is 4.98 Å². The Morgan fingerprint density at radius 1 is 1.17 bits per heavy atom. The van der Waals surface area contributed by atoms with E-state index in [1.165, 1.54) is 5.56 Å². The zero-order chi connectivity index (χ0) is 12.8. The van der Waals surface area contributed by atoms with E-state index >= 15 is 0 Å². The summed E-state index contributed by atoms with van der Waals surface area (Å²) in [5.74, 6) is 6.95. The van der Waals surface area contributed by atoms with Crippen LogP contribution in [-0.2, 0) is 0 Å². The van der Waals surface area contributed by atoms with Gasteiger partial charge in [-0.2, -0.15) is 0 Å². The SMILES string of the molecule is CC(CNc1cncc(NN)n1)c1ccccc1. The lowest BCUT2D eigenvalue weighted by Gasteiger charge is -2.13. The van der Waals surface area contributed by atoms with E-state index in [2.05, 4.69) is 39.8 Å². The number of anilines is 2. The minimum Gasteiger partial charge on any atom is -0.368 e. The molecule has 0 aliphatic heterocycles. The van der Waals surface area contributed by atoms with Gasteiger partial charge in [-0.1, -0.05) is 37.3 Å². The number of nitrogens with one attached hydrogen (secondary N) is 2. The van der Waals surface area contributed by atoms with E-state index in [0.29, 0.717) is 17.6 Å². The van der Waals surface area contributed by atoms with Crippen molar-refractivity contribution >= 4 is 11.6 Å². The van der Waals surface area contributed by atoms with Gasteiger partial charge in [0.1, 0.15) is 5.82 Å². The number of nitrogen functional groups attached to an aromatic ring is 1. The molecule has 0 radical (unpaired) electrons. The molecule has 0 amide bonds. The third kappa shape index (κ3) is 3.18. The van der Waals surface area contributed by atoms with Crippen molar-refractivity contribution in [1.29, 1.82) is 0 Å². The molecule has 1 atom stereocenters. The van der Waals surface area contributed by atoms with Gasteiger partial charge in [-0.15, -0.1) is 0 Å². The van der Waals surface area contributed by atoms with Crippen LogP contribution >= 0.6 is 0 Å². The number of rotatable bonds is 5. The van der Waals surface area contributed by atoms with Crippen molar-refractivity contribution < 1.29 is 0 Å². The van der Waals surface area contributed by atoms with Crippen LogP contribution in [0.15, 0.2) is 42.7 Å². The zero-order valence-electron chi connectivity index (χ0n) is 10.3. The van der Waals surface area contributed by atoms with E-state index in [1.54, 1.807) is 12.4 Å². The van der Waals surface area contributed by atoms with Gasteiger partial charge in [0.05, 0.1) is 12.4 Å². The first-order chi connectivity index (χ1) is 8.79. The minimum absolute atomic E-state index is 0.405. The van der Waals surface area contributed by atoms with Crippen LogP contribution in [0.2, 0.25) is 0 Å². The summed E-state index contributed by atoms with van der Waals surface area (Å²) in [6, 6.07) is 10.4. The van der Waals surface area contributed by atoms with Crippen LogP contribution in [0.4, 0.5) is 11.6 Å². The number of hydrogen-bond acceptors (Lipinski definition) is 5. The Morgan fingerprint density at radius 2 is 1.89 bits per heavy atom. The molecule has 1 heterocycles. The smallest absolute Gasteiger partial charge is 0.160 e. The van der Waals surface area contributed by atoms with Crippen molar-refractivity contribution in [1.82, 2.24) is 9.97 Å². The molecule has 2 aromatic rings. The highest BCUT2D eigenvalue weighted by Crippen LogP contribution is 2.15. The molecule has 2 rings (SSSR count). The average Bonchev–Trinajstić information content (AvgIpc) is 2.46. The molecule has 1 unspecified atom stereocenters. The van der Waals surface area contributed by atoms with Crippen LogP contribution in [-0.4, -0.2) is 16.5 Å². The van der Waals surface area contributed by atoms with Crippen LogP contribution < -0.4 is 16.6 Å². The maximum Gasteiger partial charge on any atom is 0.160 e. The number of aromatic nitrogens is 2. The van der Waals surface area contributed by atoms with Gasteiger partial charge in [0.25, 0.3) is 0 Å². The first-order valence-corrected chi connectivity index (χ1v) is 5.87. The summed E-state index contributed by atoms with van der Waals surface area (Å²) >= 11 is 0. The monoisotopic (exact) mass is 243 g/mol. The van der Waals surface area contributed by atoms with Crippen LogP contribution in [0.3, 0.4) is 0 Å². The van der Waals surface area contributed by atoms with Gasteiger partial charge in [0, 0.05) is 6.54 Å². The van der Waals surface area contributed by atoms with Crippen molar-refractivity contribution in [2.45, 2.75) is 12.8 Å². The van der Waals surface area contributed by atoms with E-state index in [1.807, 2.05) is 18.2 Å². The Morgan fingerprint density at radius 3 is 2.61 bits per heavy atom. The molecule has 94 valence electrons. The molecule has 1 aromatic heterocycles. The molecular weight excluding hydrogens is 226 g/mol.